The molecule has 0 saturated heterocycles. The summed E-state index contributed by atoms with van der Waals surface area (Å²) in [7, 11) is 0. The molecular weight excluding hydrogens is 304 g/mol. The Morgan fingerprint density at radius 2 is 0.960 bits per heavy atom. The maximum absolute atomic E-state index is 9.64. The summed E-state index contributed by atoms with van der Waals surface area (Å²) in [6.07, 6.45) is 1.96. The molecule has 0 N–H and O–H groups in total. The van der Waals surface area contributed by atoms with Gasteiger partial charge < -0.3 is 5.53 Å². The van der Waals surface area contributed by atoms with E-state index in [-0.39, 0.29) is 0 Å². The van der Waals surface area contributed by atoms with Gasteiger partial charge in [-0.25, -0.2) is 0 Å². The third kappa shape index (κ3) is 2.76. The van der Waals surface area contributed by atoms with Crippen LogP contribution in [0, 0.1) is 0 Å². The lowest BCUT2D eigenvalue weighted by atomic mass is 9.90. The molecule has 0 spiro atoms. The van der Waals surface area contributed by atoms with Gasteiger partial charge >= 0.3 is 5.71 Å². The fraction of sp³-hybridized carbons (Fsp3) is 0. The molecular formula is C23H16N2. The zero-order valence-corrected chi connectivity index (χ0v) is 13.6. The van der Waals surface area contributed by atoms with Crippen LogP contribution in [0.4, 0.5) is 0 Å². The average molecular weight is 320 g/mol. The van der Waals surface area contributed by atoms with Gasteiger partial charge in [-0.3, -0.25) is 0 Å². The Hall–Kier alpha value is -3.48. The molecule has 1 aliphatic carbocycles. The second kappa shape index (κ2) is 6.56. The summed E-state index contributed by atoms with van der Waals surface area (Å²) in [6.45, 7) is 0. The SMILES string of the molecule is [N-]=[N+]=C1C=C(c2ccccc2)C(c2ccccc2)=C1c1ccccc1. The fourth-order valence-corrected chi connectivity index (χ4v) is 3.27. The van der Waals surface area contributed by atoms with E-state index in [0.717, 1.165) is 33.4 Å². The van der Waals surface area contributed by atoms with Crippen LogP contribution in [0.1, 0.15) is 16.7 Å². The molecule has 1 aliphatic rings. The van der Waals surface area contributed by atoms with Gasteiger partial charge in [0.25, 0.3) is 0 Å². The maximum Gasteiger partial charge on any atom is 0.324 e. The van der Waals surface area contributed by atoms with Gasteiger partial charge in [0.1, 0.15) is 0 Å². The second-order valence-corrected chi connectivity index (χ2v) is 5.89. The molecule has 0 fully saturated rings. The Morgan fingerprint density at radius 3 is 1.44 bits per heavy atom. The van der Waals surface area contributed by atoms with E-state index >= 15 is 0 Å². The lowest BCUT2D eigenvalue weighted by Gasteiger charge is -2.11. The molecule has 0 aromatic heterocycles. The average Bonchev–Trinajstić information content (AvgIpc) is 3.10. The lowest BCUT2D eigenvalue weighted by molar-refractivity contribution is -0.000441. The summed E-state index contributed by atoms with van der Waals surface area (Å²) < 4.78 is 0. The van der Waals surface area contributed by atoms with Gasteiger partial charge in [-0.2, -0.15) is 4.79 Å². The highest BCUT2D eigenvalue weighted by atomic mass is 14.9. The Kier molecular flexibility index (Phi) is 3.96. The van der Waals surface area contributed by atoms with Crippen molar-refractivity contribution in [2.24, 2.45) is 0 Å². The molecule has 0 unspecified atom stereocenters. The molecule has 0 amide bonds. The first-order valence-electron chi connectivity index (χ1n) is 8.23. The van der Waals surface area contributed by atoms with E-state index in [1.807, 2.05) is 72.8 Å². The van der Waals surface area contributed by atoms with Gasteiger partial charge in [-0.05, 0) is 22.3 Å². The van der Waals surface area contributed by atoms with Crippen molar-refractivity contribution < 1.29 is 4.79 Å². The quantitative estimate of drug-likeness (QED) is 0.460. The molecule has 25 heavy (non-hydrogen) atoms. The van der Waals surface area contributed by atoms with Crippen molar-refractivity contribution in [2.45, 2.75) is 0 Å². The van der Waals surface area contributed by atoms with E-state index in [2.05, 4.69) is 29.1 Å². The third-order valence-corrected chi connectivity index (χ3v) is 4.37. The zero-order valence-electron chi connectivity index (χ0n) is 13.6. The first-order valence-corrected chi connectivity index (χ1v) is 8.23. The predicted molar refractivity (Wildman–Crippen MR) is 103 cm³/mol. The first-order chi connectivity index (χ1) is 12.4. The van der Waals surface area contributed by atoms with E-state index in [1.165, 1.54) is 0 Å². The van der Waals surface area contributed by atoms with Gasteiger partial charge in [0, 0.05) is 11.6 Å². The number of nitrogens with zero attached hydrogens (tertiary/aromatic N) is 2. The van der Waals surface area contributed by atoms with Crippen molar-refractivity contribution in [2.75, 3.05) is 0 Å². The molecule has 2 nitrogen and oxygen atoms in total. The van der Waals surface area contributed by atoms with Crippen LogP contribution in [0.2, 0.25) is 0 Å². The molecule has 3 aromatic rings. The number of benzene rings is 3. The van der Waals surface area contributed by atoms with Gasteiger partial charge in [0.15, 0.2) is 0 Å². The summed E-state index contributed by atoms with van der Waals surface area (Å²) in [6, 6.07) is 30.5. The summed E-state index contributed by atoms with van der Waals surface area (Å²) >= 11 is 0. The Bertz CT molecular complexity index is 1010. The van der Waals surface area contributed by atoms with E-state index in [0.29, 0.717) is 5.71 Å². The van der Waals surface area contributed by atoms with E-state index in [4.69, 9.17) is 0 Å². The van der Waals surface area contributed by atoms with Crippen molar-refractivity contribution in [3.05, 3.63) is 119 Å². The van der Waals surface area contributed by atoms with Gasteiger partial charge in [0.2, 0.25) is 0 Å². The van der Waals surface area contributed by atoms with Gasteiger partial charge in [0.05, 0.1) is 5.57 Å². The van der Waals surface area contributed by atoms with Crippen molar-refractivity contribution in [3.63, 3.8) is 0 Å². The highest BCUT2D eigenvalue weighted by Gasteiger charge is 2.31. The van der Waals surface area contributed by atoms with Crippen LogP contribution in [0.5, 0.6) is 0 Å². The molecule has 3 aromatic carbocycles. The van der Waals surface area contributed by atoms with Crippen LogP contribution in [-0.4, -0.2) is 10.5 Å². The van der Waals surface area contributed by atoms with Crippen LogP contribution in [0.15, 0.2) is 97.1 Å². The largest absolute Gasteiger partial charge is 0.361 e. The third-order valence-electron chi connectivity index (χ3n) is 4.37. The highest BCUT2D eigenvalue weighted by Crippen LogP contribution is 2.42. The van der Waals surface area contributed by atoms with Crippen molar-refractivity contribution in [1.82, 2.24) is 0 Å². The minimum atomic E-state index is 0.587. The van der Waals surface area contributed by atoms with E-state index in [9.17, 15) is 5.53 Å². The standard InChI is InChI=1S/C23H16N2/c24-25-21-16-20(17-10-4-1-5-11-17)22(18-12-6-2-7-13-18)23(21)19-14-8-3-9-15-19/h1-16H. The monoisotopic (exact) mass is 320 g/mol. The van der Waals surface area contributed by atoms with E-state index in [1.54, 1.807) is 0 Å². The second-order valence-electron chi connectivity index (χ2n) is 5.89. The molecule has 4 rings (SSSR count). The molecule has 0 aliphatic heterocycles. The molecule has 0 heterocycles. The fourth-order valence-electron chi connectivity index (χ4n) is 3.27. The van der Waals surface area contributed by atoms with Crippen molar-refractivity contribution >= 4 is 22.4 Å². The van der Waals surface area contributed by atoms with Gasteiger partial charge in [-0.15, -0.1) is 0 Å². The predicted octanol–water partition coefficient (Wildman–Crippen LogP) is 5.37. The number of hydrogen-bond donors (Lipinski definition) is 0. The molecule has 0 atom stereocenters. The molecule has 118 valence electrons. The van der Waals surface area contributed by atoms with Crippen LogP contribution >= 0.6 is 0 Å². The summed E-state index contributed by atoms with van der Waals surface area (Å²) in [4.78, 5) is 3.58. The zero-order chi connectivity index (χ0) is 17.1. The minimum Gasteiger partial charge on any atom is -0.361 e. The van der Waals surface area contributed by atoms with E-state index < -0.39 is 0 Å². The van der Waals surface area contributed by atoms with Crippen LogP contribution in [-0.2, 0) is 0 Å². The maximum atomic E-state index is 9.64. The van der Waals surface area contributed by atoms with Crippen molar-refractivity contribution in [3.8, 4) is 0 Å². The number of rotatable bonds is 3. The normalized spacial score (nSPS) is 13.6. The summed E-state index contributed by atoms with van der Waals surface area (Å²) in [5.74, 6) is 0. The minimum absolute atomic E-state index is 0.587. The Balaban J connectivity index is 2.03. The molecule has 0 saturated carbocycles. The smallest absolute Gasteiger partial charge is 0.324 e. The highest BCUT2D eigenvalue weighted by molar-refractivity contribution is 6.45. The van der Waals surface area contributed by atoms with Crippen LogP contribution in [0.25, 0.3) is 22.3 Å². The van der Waals surface area contributed by atoms with Crippen LogP contribution < -0.4 is 0 Å². The van der Waals surface area contributed by atoms with Gasteiger partial charge in [-0.1, -0.05) is 91.0 Å². The number of allylic oxidation sites excluding steroid dienone is 4. The Morgan fingerprint density at radius 1 is 0.520 bits per heavy atom. The molecule has 2 heteroatoms. The van der Waals surface area contributed by atoms with Crippen LogP contribution in [0.3, 0.4) is 0 Å². The first kappa shape index (κ1) is 15.1. The summed E-state index contributed by atoms with van der Waals surface area (Å²) in [5.41, 5.74) is 16.6. The Labute approximate surface area is 147 Å². The van der Waals surface area contributed by atoms with Crippen molar-refractivity contribution in [1.29, 1.82) is 0 Å². The molecule has 0 bridgehead atoms. The molecule has 0 radical (unpaired) electrons. The lowest BCUT2D eigenvalue weighted by Crippen LogP contribution is -1.98. The topological polar surface area (TPSA) is 36.4 Å². The summed E-state index contributed by atoms with van der Waals surface area (Å²) in [5, 5.41) is 0. The number of hydrogen-bond acceptors (Lipinski definition) is 0.